The molecule has 5 nitrogen and oxygen atoms in total. The number of alkyl halides is 3. The fraction of sp³-hybridized carbons (Fsp3) is 0.933. The molecule has 0 radical (unpaired) electrons. The van der Waals surface area contributed by atoms with Crippen LogP contribution in [0, 0.1) is 11.8 Å². The van der Waals surface area contributed by atoms with Crippen LogP contribution >= 0.6 is 24.0 Å². The molecule has 0 aromatic heterocycles. The van der Waals surface area contributed by atoms with Crippen molar-refractivity contribution in [3.05, 3.63) is 0 Å². The topological polar surface area (TPSA) is 54.9 Å². The fourth-order valence-electron chi connectivity index (χ4n) is 3.10. The van der Waals surface area contributed by atoms with E-state index in [0.717, 1.165) is 6.42 Å². The quantitative estimate of drug-likeness (QED) is 0.381. The summed E-state index contributed by atoms with van der Waals surface area (Å²) in [5, 5.41) is 6.26. The van der Waals surface area contributed by atoms with Crippen molar-refractivity contribution in [2.24, 2.45) is 16.8 Å². The Labute approximate surface area is 158 Å². The van der Waals surface area contributed by atoms with E-state index in [0.29, 0.717) is 45.3 Å². The van der Waals surface area contributed by atoms with Crippen molar-refractivity contribution >= 4 is 29.9 Å². The Bertz CT molecular complexity index is 391. The van der Waals surface area contributed by atoms with Crippen molar-refractivity contribution in [2.75, 3.05) is 40.0 Å². The van der Waals surface area contributed by atoms with Crippen molar-refractivity contribution < 1.29 is 22.6 Å². The molecule has 0 bridgehead atoms. The molecular formula is C15H27F3IN3O2. The highest BCUT2D eigenvalue weighted by atomic mass is 127. The van der Waals surface area contributed by atoms with Crippen molar-refractivity contribution in [1.82, 2.24) is 10.6 Å². The molecule has 2 rings (SSSR count). The first-order valence-corrected chi connectivity index (χ1v) is 8.19. The van der Waals surface area contributed by atoms with Crippen LogP contribution in [0.25, 0.3) is 0 Å². The first kappa shape index (κ1) is 21.8. The standard InChI is InChI=1S/C15H26F3N3O2.HI/c1-19-14(21-9-13-10-22-5-6-23-13)20-8-11-3-2-4-12(7-11)15(16,17)18;/h11-13H,2-10H2,1H3,(H2,19,20,21);1H. The SMILES string of the molecule is CN=C(NCC1CCCC(C(F)(F)F)C1)NCC1COCCO1.I. The molecule has 24 heavy (non-hydrogen) atoms. The molecule has 1 heterocycles. The number of halogens is 4. The second-order valence-corrected chi connectivity index (χ2v) is 6.17. The number of hydrogen-bond acceptors (Lipinski definition) is 3. The van der Waals surface area contributed by atoms with Gasteiger partial charge in [0.1, 0.15) is 0 Å². The summed E-state index contributed by atoms with van der Waals surface area (Å²) in [5.41, 5.74) is 0. The number of ether oxygens (including phenoxy) is 2. The minimum atomic E-state index is -4.07. The molecule has 1 saturated heterocycles. The molecule has 0 aromatic rings. The molecule has 2 fully saturated rings. The lowest BCUT2D eigenvalue weighted by Crippen LogP contribution is -2.46. The van der Waals surface area contributed by atoms with Gasteiger partial charge in [0.25, 0.3) is 0 Å². The summed E-state index contributed by atoms with van der Waals surface area (Å²) in [6.45, 7) is 2.81. The zero-order valence-corrected chi connectivity index (χ0v) is 16.2. The Morgan fingerprint density at radius 3 is 2.54 bits per heavy atom. The average molecular weight is 465 g/mol. The zero-order valence-electron chi connectivity index (χ0n) is 13.9. The van der Waals surface area contributed by atoms with Gasteiger partial charge in [-0.25, -0.2) is 0 Å². The summed E-state index contributed by atoms with van der Waals surface area (Å²) in [7, 11) is 1.65. The van der Waals surface area contributed by atoms with Crippen LogP contribution in [-0.4, -0.2) is 58.2 Å². The van der Waals surface area contributed by atoms with Gasteiger partial charge in [-0.2, -0.15) is 13.2 Å². The molecule has 0 amide bonds. The summed E-state index contributed by atoms with van der Waals surface area (Å²) in [4.78, 5) is 4.10. The molecule has 1 saturated carbocycles. The van der Waals surface area contributed by atoms with Gasteiger partial charge < -0.3 is 20.1 Å². The van der Waals surface area contributed by atoms with Crippen molar-refractivity contribution in [2.45, 2.75) is 38.0 Å². The molecule has 1 aliphatic carbocycles. The van der Waals surface area contributed by atoms with Crippen molar-refractivity contribution in [1.29, 1.82) is 0 Å². The van der Waals surface area contributed by atoms with E-state index >= 15 is 0 Å². The summed E-state index contributed by atoms with van der Waals surface area (Å²) in [6, 6.07) is 0. The Morgan fingerprint density at radius 2 is 1.92 bits per heavy atom. The normalized spacial score (nSPS) is 28.8. The first-order chi connectivity index (χ1) is 11.0. The number of nitrogens with one attached hydrogen (secondary N) is 2. The summed E-state index contributed by atoms with van der Waals surface area (Å²) >= 11 is 0. The van der Waals surface area contributed by atoms with Crippen LogP contribution in [0.4, 0.5) is 13.2 Å². The molecule has 1 aliphatic heterocycles. The third kappa shape index (κ3) is 7.30. The van der Waals surface area contributed by atoms with E-state index in [9.17, 15) is 13.2 Å². The number of hydrogen-bond donors (Lipinski definition) is 2. The Kier molecular flexibility index (Phi) is 9.65. The van der Waals surface area contributed by atoms with Gasteiger partial charge in [-0.15, -0.1) is 24.0 Å². The Hall–Kier alpha value is -0.290. The van der Waals surface area contributed by atoms with E-state index in [-0.39, 0.29) is 48.8 Å². The van der Waals surface area contributed by atoms with Crippen LogP contribution in [0.3, 0.4) is 0 Å². The molecule has 9 heteroatoms. The number of nitrogens with zero attached hydrogens (tertiary/aromatic N) is 1. The number of guanidine groups is 1. The minimum Gasteiger partial charge on any atom is -0.376 e. The van der Waals surface area contributed by atoms with Crippen molar-refractivity contribution in [3.63, 3.8) is 0 Å². The van der Waals surface area contributed by atoms with Gasteiger partial charge in [0.05, 0.1) is 31.8 Å². The predicted molar refractivity (Wildman–Crippen MR) is 96.8 cm³/mol. The first-order valence-electron chi connectivity index (χ1n) is 8.19. The molecule has 2 N–H and O–H groups in total. The highest BCUT2D eigenvalue weighted by Crippen LogP contribution is 2.39. The molecule has 3 atom stereocenters. The second kappa shape index (κ2) is 10.6. The molecule has 0 spiro atoms. The third-order valence-electron chi connectivity index (χ3n) is 4.41. The summed E-state index contributed by atoms with van der Waals surface area (Å²) in [5.74, 6) is -0.540. The lowest BCUT2D eigenvalue weighted by molar-refractivity contribution is -0.185. The molecule has 2 aliphatic rings. The monoisotopic (exact) mass is 465 g/mol. The van der Waals surface area contributed by atoms with Gasteiger partial charge in [-0.05, 0) is 25.2 Å². The van der Waals surface area contributed by atoms with Gasteiger partial charge in [-0.3, -0.25) is 4.99 Å². The average Bonchev–Trinajstić information content (AvgIpc) is 2.55. The van der Waals surface area contributed by atoms with E-state index < -0.39 is 12.1 Å². The van der Waals surface area contributed by atoms with Crippen molar-refractivity contribution in [3.8, 4) is 0 Å². The van der Waals surface area contributed by atoms with Crippen LogP contribution in [0.2, 0.25) is 0 Å². The van der Waals surface area contributed by atoms with Crippen LogP contribution < -0.4 is 10.6 Å². The highest BCUT2D eigenvalue weighted by Gasteiger charge is 2.42. The summed E-state index contributed by atoms with van der Waals surface area (Å²) < 4.78 is 49.3. The number of aliphatic imine (C=N–C) groups is 1. The maximum atomic E-state index is 12.8. The van der Waals surface area contributed by atoms with E-state index in [1.54, 1.807) is 7.05 Å². The van der Waals surface area contributed by atoms with Gasteiger partial charge >= 0.3 is 6.18 Å². The largest absolute Gasteiger partial charge is 0.391 e. The lowest BCUT2D eigenvalue weighted by atomic mass is 9.81. The second-order valence-electron chi connectivity index (χ2n) is 6.17. The zero-order chi connectivity index (χ0) is 16.7. The van der Waals surface area contributed by atoms with E-state index in [2.05, 4.69) is 15.6 Å². The van der Waals surface area contributed by atoms with E-state index in [1.165, 1.54) is 0 Å². The maximum absolute atomic E-state index is 12.8. The summed E-state index contributed by atoms with van der Waals surface area (Å²) in [6.07, 6.45) is -2.17. The highest BCUT2D eigenvalue weighted by molar-refractivity contribution is 14.0. The van der Waals surface area contributed by atoms with Gasteiger partial charge in [0.15, 0.2) is 5.96 Å². The smallest absolute Gasteiger partial charge is 0.376 e. The van der Waals surface area contributed by atoms with Gasteiger partial charge in [0, 0.05) is 20.1 Å². The van der Waals surface area contributed by atoms with Crippen LogP contribution in [0.5, 0.6) is 0 Å². The molecule has 0 aromatic carbocycles. The van der Waals surface area contributed by atoms with Gasteiger partial charge in [0.2, 0.25) is 0 Å². The maximum Gasteiger partial charge on any atom is 0.391 e. The lowest BCUT2D eigenvalue weighted by Gasteiger charge is -2.31. The molecule has 3 unspecified atom stereocenters. The van der Waals surface area contributed by atoms with Gasteiger partial charge in [-0.1, -0.05) is 6.42 Å². The van der Waals surface area contributed by atoms with Crippen LogP contribution in [-0.2, 0) is 9.47 Å². The van der Waals surface area contributed by atoms with Crippen LogP contribution in [0.15, 0.2) is 4.99 Å². The number of rotatable bonds is 4. The fourth-order valence-corrected chi connectivity index (χ4v) is 3.10. The predicted octanol–water partition coefficient (Wildman–Crippen LogP) is 2.55. The Balaban J connectivity index is 0.00000288. The third-order valence-corrected chi connectivity index (χ3v) is 4.41. The van der Waals surface area contributed by atoms with E-state index in [1.807, 2.05) is 0 Å². The van der Waals surface area contributed by atoms with Crippen LogP contribution in [0.1, 0.15) is 25.7 Å². The van der Waals surface area contributed by atoms with E-state index in [4.69, 9.17) is 9.47 Å². The molecular weight excluding hydrogens is 438 g/mol. The Morgan fingerprint density at radius 1 is 1.17 bits per heavy atom. The minimum absolute atomic E-state index is 0. The molecule has 142 valence electrons.